The Morgan fingerprint density at radius 1 is 1.29 bits per heavy atom. The summed E-state index contributed by atoms with van der Waals surface area (Å²) >= 11 is 6.25. The number of aromatic nitrogens is 2. The summed E-state index contributed by atoms with van der Waals surface area (Å²) < 4.78 is 27.3. The number of H-pyrrole nitrogens is 1. The van der Waals surface area contributed by atoms with Crippen LogP contribution in [0, 0.1) is 5.82 Å². The first-order valence-electron chi connectivity index (χ1n) is 11.6. The minimum Gasteiger partial charge on any atom is -0.487 e. The fourth-order valence-electron chi connectivity index (χ4n) is 5.10. The van der Waals surface area contributed by atoms with E-state index in [1.165, 1.54) is 12.1 Å². The van der Waals surface area contributed by atoms with E-state index in [1.54, 1.807) is 16.7 Å². The van der Waals surface area contributed by atoms with E-state index in [-0.39, 0.29) is 29.8 Å². The Morgan fingerprint density at radius 2 is 2.06 bits per heavy atom. The van der Waals surface area contributed by atoms with E-state index in [9.17, 15) is 14.3 Å². The van der Waals surface area contributed by atoms with Crippen molar-refractivity contribution in [1.82, 2.24) is 14.5 Å². The van der Waals surface area contributed by atoms with Gasteiger partial charge in [0.1, 0.15) is 24.1 Å². The van der Waals surface area contributed by atoms with Gasteiger partial charge in [-0.1, -0.05) is 11.6 Å². The maximum Gasteiger partial charge on any atom is 0.326 e. The van der Waals surface area contributed by atoms with Crippen LogP contribution in [0.25, 0.3) is 11.0 Å². The van der Waals surface area contributed by atoms with Crippen molar-refractivity contribution in [2.75, 3.05) is 26.2 Å². The number of aromatic amines is 1. The molecule has 3 heterocycles. The molecule has 2 aliphatic rings. The number of piperidine rings is 1. The van der Waals surface area contributed by atoms with Crippen LogP contribution in [0.5, 0.6) is 11.5 Å². The van der Waals surface area contributed by atoms with E-state index >= 15 is 0 Å². The van der Waals surface area contributed by atoms with Crippen molar-refractivity contribution < 1.29 is 19.0 Å². The third kappa shape index (κ3) is 4.67. The normalized spacial score (nSPS) is 19.2. The first-order chi connectivity index (χ1) is 16.2. The number of hydrogen-bond donors (Lipinski definition) is 2. The number of imidazole rings is 1. The maximum atomic E-state index is 13.7. The lowest BCUT2D eigenvalue weighted by Gasteiger charge is -2.33. The molecule has 182 valence electrons. The highest BCUT2D eigenvalue weighted by molar-refractivity contribution is 6.30. The van der Waals surface area contributed by atoms with E-state index in [4.69, 9.17) is 21.1 Å². The van der Waals surface area contributed by atoms with Crippen molar-refractivity contribution in [1.29, 1.82) is 0 Å². The van der Waals surface area contributed by atoms with E-state index < -0.39 is 6.10 Å². The SMILES string of the molecule is CC1(C)Cc2cc(Cl)cc(OCC(O)CN3CCC(n4c(=O)[nH]c5ccc(F)cc54)CC3)c2O1. The highest BCUT2D eigenvalue weighted by atomic mass is 35.5. The number of benzene rings is 2. The fourth-order valence-corrected chi connectivity index (χ4v) is 5.33. The van der Waals surface area contributed by atoms with Gasteiger partial charge in [-0.25, -0.2) is 9.18 Å². The zero-order valence-corrected chi connectivity index (χ0v) is 20.1. The van der Waals surface area contributed by atoms with Gasteiger partial charge in [-0.3, -0.25) is 4.57 Å². The molecule has 2 aromatic carbocycles. The van der Waals surface area contributed by atoms with Gasteiger partial charge in [-0.2, -0.15) is 0 Å². The van der Waals surface area contributed by atoms with Crippen LogP contribution >= 0.6 is 11.6 Å². The molecule has 34 heavy (non-hydrogen) atoms. The zero-order chi connectivity index (χ0) is 24.0. The molecule has 2 N–H and O–H groups in total. The average molecular weight is 490 g/mol. The van der Waals surface area contributed by atoms with Gasteiger partial charge in [0.05, 0.1) is 11.0 Å². The largest absolute Gasteiger partial charge is 0.487 e. The van der Waals surface area contributed by atoms with Gasteiger partial charge in [-0.15, -0.1) is 0 Å². The Bertz CT molecular complexity index is 1260. The maximum absolute atomic E-state index is 13.7. The van der Waals surface area contributed by atoms with Crippen LogP contribution in [0.3, 0.4) is 0 Å². The summed E-state index contributed by atoms with van der Waals surface area (Å²) in [6.45, 7) is 6.06. The molecule has 0 saturated carbocycles. The fraction of sp³-hybridized carbons (Fsp3) is 0.480. The molecular formula is C25H29ClFN3O4. The second-order valence-corrected chi connectivity index (χ2v) is 10.3. The van der Waals surface area contributed by atoms with Gasteiger partial charge in [-0.05, 0) is 51.0 Å². The highest BCUT2D eigenvalue weighted by Gasteiger charge is 2.33. The van der Waals surface area contributed by atoms with Crippen LogP contribution in [0.1, 0.15) is 38.3 Å². The lowest BCUT2D eigenvalue weighted by atomic mass is 10.0. The third-order valence-corrected chi connectivity index (χ3v) is 6.81. The molecule has 1 aromatic heterocycles. The molecule has 1 saturated heterocycles. The number of halogens is 2. The molecule has 0 radical (unpaired) electrons. The van der Waals surface area contributed by atoms with Crippen molar-refractivity contribution in [3.63, 3.8) is 0 Å². The molecule has 7 nitrogen and oxygen atoms in total. The number of nitrogens with zero attached hydrogens (tertiary/aromatic N) is 2. The smallest absolute Gasteiger partial charge is 0.326 e. The van der Waals surface area contributed by atoms with Crippen LogP contribution in [-0.4, -0.2) is 57.5 Å². The van der Waals surface area contributed by atoms with Gasteiger partial charge in [0.15, 0.2) is 11.5 Å². The molecule has 1 fully saturated rings. The number of rotatable bonds is 6. The Balaban J connectivity index is 1.17. The Hall–Kier alpha value is -2.55. The van der Waals surface area contributed by atoms with Crippen LogP contribution in [0.2, 0.25) is 5.02 Å². The third-order valence-electron chi connectivity index (χ3n) is 6.59. The first kappa shape index (κ1) is 23.2. The summed E-state index contributed by atoms with van der Waals surface area (Å²) in [4.78, 5) is 17.4. The first-order valence-corrected chi connectivity index (χ1v) is 12.0. The van der Waals surface area contributed by atoms with Crippen LogP contribution in [0.15, 0.2) is 35.1 Å². The molecule has 0 bridgehead atoms. The molecule has 5 rings (SSSR count). The number of hydrogen-bond acceptors (Lipinski definition) is 5. The minimum absolute atomic E-state index is 0.0118. The Morgan fingerprint density at radius 3 is 2.82 bits per heavy atom. The quantitative estimate of drug-likeness (QED) is 0.549. The van der Waals surface area contributed by atoms with Crippen molar-refractivity contribution in [3.05, 3.63) is 57.2 Å². The zero-order valence-electron chi connectivity index (χ0n) is 19.3. The number of fused-ring (bicyclic) bond motifs is 2. The number of likely N-dealkylation sites (tertiary alicyclic amines) is 1. The summed E-state index contributed by atoms with van der Waals surface area (Å²) in [5, 5.41) is 11.2. The lowest BCUT2D eigenvalue weighted by molar-refractivity contribution is 0.0536. The molecule has 1 unspecified atom stereocenters. The second kappa shape index (κ2) is 8.91. The van der Waals surface area contributed by atoms with Crippen molar-refractivity contribution in [2.45, 2.75) is 50.9 Å². The average Bonchev–Trinajstić information content (AvgIpc) is 3.26. The Labute approximate surface area is 202 Å². The minimum atomic E-state index is -0.689. The lowest BCUT2D eigenvalue weighted by Crippen LogP contribution is -2.42. The van der Waals surface area contributed by atoms with E-state index in [0.29, 0.717) is 34.1 Å². The predicted molar refractivity (Wildman–Crippen MR) is 129 cm³/mol. The second-order valence-electron chi connectivity index (χ2n) is 9.89. The number of β-amino-alcohol motifs (C(OH)–C–C–N with tert-alkyl or cyclic N) is 1. The predicted octanol–water partition coefficient (Wildman–Crippen LogP) is 3.91. The monoisotopic (exact) mass is 489 g/mol. The van der Waals surface area contributed by atoms with Crippen LogP contribution in [-0.2, 0) is 6.42 Å². The number of aliphatic hydroxyl groups is 1. The summed E-state index contributed by atoms with van der Waals surface area (Å²) in [7, 11) is 0. The molecule has 9 heteroatoms. The standard InChI is InChI=1S/C25H29ClFN3O4/c1-25(2)12-15-9-16(26)10-22(23(15)34-25)33-14-19(31)13-29-7-5-18(6-8-29)30-21-11-17(27)3-4-20(21)28-24(30)32/h3-4,9-11,18-19,31H,5-8,12-14H2,1-2H3,(H,28,32). The topological polar surface area (TPSA) is 79.7 Å². The Kier molecular flexibility index (Phi) is 6.08. The van der Waals surface area contributed by atoms with Gasteiger partial charge < -0.3 is 24.5 Å². The molecule has 2 aliphatic heterocycles. The van der Waals surface area contributed by atoms with Crippen molar-refractivity contribution in [2.24, 2.45) is 0 Å². The molecule has 1 atom stereocenters. The van der Waals surface area contributed by atoms with Gasteiger partial charge in [0, 0.05) is 48.7 Å². The van der Waals surface area contributed by atoms with Gasteiger partial charge >= 0.3 is 5.69 Å². The van der Waals surface area contributed by atoms with Gasteiger partial charge in [0.25, 0.3) is 0 Å². The van der Waals surface area contributed by atoms with Crippen molar-refractivity contribution in [3.8, 4) is 11.5 Å². The molecule has 3 aromatic rings. The summed E-state index contributed by atoms with van der Waals surface area (Å²) in [6.07, 6.45) is 1.54. The number of nitrogens with one attached hydrogen (secondary N) is 1. The summed E-state index contributed by atoms with van der Waals surface area (Å²) in [6, 6.07) is 7.95. The molecular weight excluding hydrogens is 461 g/mol. The highest BCUT2D eigenvalue weighted by Crippen LogP contribution is 2.43. The van der Waals surface area contributed by atoms with E-state index in [2.05, 4.69) is 9.88 Å². The number of ether oxygens (including phenoxy) is 2. The molecule has 0 aliphatic carbocycles. The molecule has 0 amide bonds. The van der Waals surface area contributed by atoms with E-state index in [0.717, 1.165) is 37.9 Å². The molecule has 0 spiro atoms. The summed E-state index contributed by atoms with van der Waals surface area (Å²) in [5.74, 6) is 0.889. The van der Waals surface area contributed by atoms with Crippen LogP contribution < -0.4 is 15.2 Å². The van der Waals surface area contributed by atoms with Crippen molar-refractivity contribution >= 4 is 22.6 Å². The van der Waals surface area contributed by atoms with Crippen LogP contribution in [0.4, 0.5) is 4.39 Å². The van der Waals surface area contributed by atoms with Gasteiger partial charge in [0.2, 0.25) is 0 Å². The van der Waals surface area contributed by atoms with E-state index in [1.807, 2.05) is 19.9 Å². The number of aliphatic hydroxyl groups excluding tert-OH is 1. The summed E-state index contributed by atoms with van der Waals surface area (Å²) in [5.41, 5.74) is 1.72.